The second-order valence-corrected chi connectivity index (χ2v) is 4.10. The van der Waals surface area contributed by atoms with Crippen molar-refractivity contribution in [3.8, 4) is 5.75 Å². The van der Waals surface area contributed by atoms with Crippen LogP contribution in [0.15, 0.2) is 41.0 Å². The van der Waals surface area contributed by atoms with E-state index in [0.717, 1.165) is 24.0 Å². The van der Waals surface area contributed by atoms with Crippen LogP contribution in [0, 0.1) is 0 Å². The van der Waals surface area contributed by atoms with Gasteiger partial charge in [0.25, 0.3) is 0 Å². The number of furan rings is 1. The molecule has 2 N–H and O–H groups in total. The summed E-state index contributed by atoms with van der Waals surface area (Å²) in [5.74, 6) is -0.748. The molecule has 1 heterocycles. The maximum atomic E-state index is 10.8. The summed E-state index contributed by atoms with van der Waals surface area (Å²) < 4.78 is 4.91. The number of aromatic hydroxyl groups is 1. The Hall–Kier alpha value is -2.23. The van der Waals surface area contributed by atoms with Crippen LogP contribution in [0.25, 0.3) is 0 Å². The number of carboxylic acids is 1. The molecule has 0 bridgehead atoms. The molecule has 4 nitrogen and oxygen atoms in total. The normalized spacial score (nSPS) is 10.4. The van der Waals surface area contributed by atoms with E-state index in [-0.39, 0.29) is 11.5 Å². The predicted octanol–water partition coefficient (Wildman–Crippen LogP) is 2.86. The quantitative estimate of drug-likeness (QED) is 0.851. The molecule has 0 amide bonds. The molecule has 0 radical (unpaired) electrons. The van der Waals surface area contributed by atoms with Crippen molar-refractivity contribution in [3.63, 3.8) is 0 Å². The Balaban J connectivity index is 1.90. The van der Waals surface area contributed by atoms with Gasteiger partial charge in [-0.3, -0.25) is 0 Å². The molecule has 0 saturated heterocycles. The molecule has 0 aliphatic heterocycles. The standard InChI is InChI=1S/C14H14O4/c15-12-6-4-10(5-7-12)2-1-3-11-8-9-18-13(11)14(16)17/h4-9,15H,1-3H2,(H,16,17). The predicted molar refractivity (Wildman–Crippen MR) is 65.8 cm³/mol. The van der Waals surface area contributed by atoms with Gasteiger partial charge in [-0.15, -0.1) is 0 Å². The molecule has 0 saturated carbocycles. The van der Waals surface area contributed by atoms with E-state index in [4.69, 9.17) is 14.6 Å². The molecular formula is C14H14O4. The van der Waals surface area contributed by atoms with Gasteiger partial charge in [0.15, 0.2) is 0 Å². The second kappa shape index (κ2) is 5.40. The van der Waals surface area contributed by atoms with E-state index in [1.807, 2.05) is 12.1 Å². The van der Waals surface area contributed by atoms with Gasteiger partial charge >= 0.3 is 5.97 Å². The number of rotatable bonds is 5. The second-order valence-electron chi connectivity index (χ2n) is 4.10. The van der Waals surface area contributed by atoms with Crippen molar-refractivity contribution in [2.45, 2.75) is 19.3 Å². The molecule has 0 unspecified atom stereocenters. The van der Waals surface area contributed by atoms with Gasteiger partial charge in [-0.2, -0.15) is 0 Å². The number of phenolic OH excluding ortho intramolecular Hbond substituents is 1. The molecule has 0 aliphatic carbocycles. The van der Waals surface area contributed by atoms with Gasteiger partial charge in [0, 0.05) is 5.56 Å². The third-order valence-electron chi connectivity index (χ3n) is 2.79. The van der Waals surface area contributed by atoms with Crippen LogP contribution in [0.5, 0.6) is 5.75 Å². The van der Waals surface area contributed by atoms with Crippen LogP contribution in [0.1, 0.15) is 28.1 Å². The lowest BCUT2D eigenvalue weighted by molar-refractivity contribution is 0.0660. The van der Waals surface area contributed by atoms with Crippen molar-refractivity contribution in [1.82, 2.24) is 0 Å². The van der Waals surface area contributed by atoms with Crippen LogP contribution >= 0.6 is 0 Å². The summed E-state index contributed by atoms with van der Waals surface area (Å²) >= 11 is 0. The van der Waals surface area contributed by atoms with E-state index in [1.54, 1.807) is 18.2 Å². The minimum Gasteiger partial charge on any atom is -0.508 e. The summed E-state index contributed by atoms with van der Waals surface area (Å²) in [5.41, 5.74) is 1.84. The lowest BCUT2D eigenvalue weighted by Crippen LogP contribution is -1.99. The van der Waals surface area contributed by atoms with Gasteiger partial charge in [-0.05, 0) is 43.0 Å². The van der Waals surface area contributed by atoms with E-state index in [0.29, 0.717) is 6.42 Å². The smallest absolute Gasteiger partial charge is 0.372 e. The van der Waals surface area contributed by atoms with E-state index in [1.165, 1.54) is 6.26 Å². The fourth-order valence-corrected chi connectivity index (χ4v) is 1.87. The molecule has 0 atom stereocenters. The average Bonchev–Trinajstić information content (AvgIpc) is 2.80. The lowest BCUT2D eigenvalue weighted by Gasteiger charge is -2.01. The van der Waals surface area contributed by atoms with Crippen molar-refractivity contribution in [1.29, 1.82) is 0 Å². The molecule has 4 heteroatoms. The summed E-state index contributed by atoms with van der Waals surface area (Å²) in [4.78, 5) is 10.8. The average molecular weight is 246 g/mol. The highest BCUT2D eigenvalue weighted by molar-refractivity contribution is 5.86. The first kappa shape index (κ1) is 12.2. The highest BCUT2D eigenvalue weighted by atomic mass is 16.4. The molecule has 18 heavy (non-hydrogen) atoms. The summed E-state index contributed by atoms with van der Waals surface area (Å²) in [7, 11) is 0. The van der Waals surface area contributed by atoms with Crippen LogP contribution in [0.4, 0.5) is 0 Å². The Morgan fingerprint density at radius 1 is 1.11 bits per heavy atom. The fraction of sp³-hybridized carbons (Fsp3) is 0.214. The van der Waals surface area contributed by atoms with Crippen LogP contribution in [0.3, 0.4) is 0 Å². The first-order valence-electron chi connectivity index (χ1n) is 5.74. The number of phenols is 1. The van der Waals surface area contributed by atoms with Gasteiger partial charge in [-0.1, -0.05) is 12.1 Å². The molecule has 0 aliphatic rings. The Morgan fingerprint density at radius 3 is 2.50 bits per heavy atom. The summed E-state index contributed by atoms with van der Waals surface area (Å²) in [6.07, 6.45) is 3.74. The van der Waals surface area contributed by atoms with Crippen molar-refractivity contribution in [3.05, 3.63) is 53.5 Å². The van der Waals surface area contributed by atoms with E-state index < -0.39 is 5.97 Å². The molecule has 0 spiro atoms. The van der Waals surface area contributed by atoms with Crippen LogP contribution in [-0.4, -0.2) is 16.2 Å². The van der Waals surface area contributed by atoms with E-state index >= 15 is 0 Å². The topological polar surface area (TPSA) is 70.7 Å². The zero-order valence-corrected chi connectivity index (χ0v) is 9.80. The summed E-state index contributed by atoms with van der Waals surface area (Å²) in [5, 5.41) is 18.0. The van der Waals surface area contributed by atoms with Crippen LogP contribution in [0.2, 0.25) is 0 Å². The van der Waals surface area contributed by atoms with Gasteiger partial charge in [0.2, 0.25) is 5.76 Å². The third-order valence-corrected chi connectivity index (χ3v) is 2.79. The fourth-order valence-electron chi connectivity index (χ4n) is 1.87. The Morgan fingerprint density at radius 2 is 1.83 bits per heavy atom. The number of carbonyl (C=O) groups is 1. The number of hydrogen-bond donors (Lipinski definition) is 2. The lowest BCUT2D eigenvalue weighted by atomic mass is 10.0. The zero-order valence-electron chi connectivity index (χ0n) is 9.80. The zero-order chi connectivity index (χ0) is 13.0. The number of aromatic carboxylic acids is 1. The molecular weight excluding hydrogens is 232 g/mol. The first-order chi connectivity index (χ1) is 8.66. The van der Waals surface area contributed by atoms with E-state index in [9.17, 15) is 4.79 Å². The van der Waals surface area contributed by atoms with Crippen molar-refractivity contribution >= 4 is 5.97 Å². The molecule has 1 aromatic heterocycles. The minimum absolute atomic E-state index is 0.0284. The Labute approximate surface area is 104 Å². The first-order valence-corrected chi connectivity index (χ1v) is 5.74. The summed E-state index contributed by atoms with van der Waals surface area (Å²) in [6, 6.07) is 8.72. The number of aryl methyl sites for hydroxylation is 2. The van der Waals surface area contributed by atoms with Crippen molar-refractivity contribution in [2.75, 3.05) is 0 Å². The molecule has 1 aromatic carbocycles. The third kappa shape index (κ3) is 2.91. The molecule has 2 rings (SSSR count). The van der Waals surface area contributed by atoms with Crippen LogP contribution < -0.4 is 0 Å². The van der Waals surface area contributed by atoms with Gasteiger partial charge < -0.3 is 14.6 Å². The van der Waals surface area contributed by atoms with Crippen molar-refractivity contribution < 1.29 is 19.4 Å². The SMILES string of the molecule is O=C(O)c1occc1CCCc1ccc(O)cc1. The summed E-state index contributed by atoms with van der Waals surface area (Å²) in [6.45, 7) is 0. The van der Waals surface area contributed by atoms with E-state index in [2.05, 4.69) is 0 Å². The van der Waals surface area contributed by atoms with Gasteiger partial charge in [0.05, 0.1) is 6.26 Å². The highest BCUT2D eigenvalue weighted by Crippen LogP contribution is 2.16. The molecule has 0 fully saturated rings. The van der Waals surface area contributed by atoms with Crippen molar-refractivity contribution in [2.24, 2.45) is 0 Å². The monoisotopic (exact) mass is 246 g/mol. The van der Waals surface area contributed by atoms with Gasteiger partial charge in [-0.25, -0.2) is 4.79 Å². The number of hydrogen-bond acceptors (Lipinski definition) is 3. The minimum atomic E-state index is -1.03. The maximum Gasteiger partial charge on any atom is 0.372 e. The number of carboxylic acid groups (broad SMARTS) is 1. The Bertz CT molecular complexity index is 525. The van der Waals surface area contributed by atoms with Gasteiger partial charge in [0.1, 0.15) is 5.75 Å². The Kier molecular flexibility index (Phi) is 3.67. The molecule has 2 aromatic rings. The number of benzene rings is 1. The maximum absolute atomic E-state index is 10.8. The largest absolute Gasteiger partial charge is 0.508 e. The highest BCUT2D eigenvalue weighted by Gasteiger charge is 2.13. The van der Waals surface area contributed by atoms with Crippen LogP contribution in [-0.2, 0) is 12.8 Å². The molecule has 94 valence electrons.